The standard InChI is InChI=1S/C15H18N4O4S/c1-23-14(21)13-10(6-8-24-13)16-12(20)9-19-15(22)18-7-4-2-3-5-11(18)17-19/h6,8H,2-5,7,9H2,1H3,(H,16,20). The lowest BCUT2D eigenvalue weighted by molar-refractivity contribution is -0.117. The number of methoxy groups -OCH3 is 1. The number of hydrogen-bond donors (Lipinski definition) is 1. The monoisotopic (exact) mass is 350 g/mol. The van der Waals surface area contributed by atoms with E-state index in [0.717, 1.165) is 31.5 Å². The molecule has 1 N–H and O–H groups in total. The highest BCUT2D eigenvalue weighted by Crippen LogP contribution is 2.23. The molecule has 2 aromatic rings. The van der Waals surface area contributed by atoms with Gasteiger partial charge in [-0.3, -0.25) is 9.36 Å². The second-order valence-electron chi connectivity index (χ2n) is 5.52. The van der Waals surface area contributed by atoms with E-state index in [1.165, 1.54) is 23.1 Å². The van der Waals surface area contributed by atoms with Crippen molar-refractivity contribution in [3.05, 3.63) is 32.6 Å². The minimum atomic E-state index is -0.508. The van der Waals surface area contributed by atoms with E-state index < -0.39 is 11.9 Å². The number of esters is 1. The van der Waals surface area contributed by atoms with Gasteiger partial charge in [0, 0.05) is 13.0 Å². The number of aromatic nitrogens is 3. The van der Waals surface area contributed by atoms with Crippen molar-refractivity contribution in [3.63, 3.8) is 0 Å². The van der Waals surface area contributed by atoms with Crippen LogP contribution in [0.3, 0.4) is 0 Å². The number of anilines is 1. The largest absolute Gasteiger partial charge is 0.465 e. The van der Waals surface area contributed by atoms with E-state index in [2.05, 4.69) is 15.2 Å². The van der Waals surface area contributed by atoms with Crippen LogP contribution in [0.15, 0.2) is 16.2 Å². The molecule has 128 valence electrons. The summed E-state index contributed by atoms with van der Waals surface area (Å²) >= 11 is 1.18. The van der Waals surface area contributed by atoms with Crippen LogP contribution < -0.4 is 11.0 Å². The Hall–Kier alpha value is -2.42. The molecule has 2 aromatic heterocycles. The van der Waals surface area contributed by atoms with Crippen LogP contribution in [0.1, 0.15) is 34.8 Å². The number of amides is 1. The number of rotatable bonds is 4. The molecule has 3 rings (SSSR count). The van der Waals surface area contributed by atoms with Crippen molar-refractivity contribution in [2.45, 2.75) is 38.8 Å². The number of aryl methyl sites for hydroxylation is 1. The molecule has 0 radical (unpaired) electrons. The third kappa shape index (κ3) is 3.25. The van der Waals surface area contributed by atoms with Gasteiger partial charge in [0.25, 0.3) is 0 Å². The SMILES string of the molecule is COC(=O)c1sccc1NC(=O)Cn1nc2n(c1=O)CCCCC2. The van der Waals surface area contributed by atoms with E-state index in [4.69, 9.17) is 0 Å². The van der Waals surface area contributed by atoms with Gasteiger partial charge in [-0.1, -0.05) is 6.42 Å². The van der Waals surface area contributed by atoms with Crippen LogP contribution in [0.5, 0.6) is 0 Å². The first-order valence-electron chi connectivity index (χ1n) is 7.72. The van der Waals surface area contributed by atoms with Crippen LogP contribution in [-0.4, -0.2) is 33.3 Å². The van der Waals surface area contributed by atoms with Crippen molar-refractivity contribution < 1.29 is 14.3 Å². The summed E-state index contributed by atoms with van der Waals surface area (Å²) in [6, 6.07) is 1.62. The summed E-state index contributed by atoms with van der Waals surface area (Å²) < 4.78 is 7.49. The Morgan fingerprint density at radius 3 is 3.00 bits per heavy atom. The van der Waals surface area contributed by atoms with Gasteiger partial charge in [0.15, 0.2) is 0 Å². The molecule has 1 amide bonds. The molecule has 0 aromatic carbocycles. The van der Waals surface area contributed by atoms with Crippen molar-refractivity contribution in [2.24, 2.45) is 0 Å². The molecule has 3 heterocycles. The fourth-order valence-electron chi connectivity index (χ4n) is 2.71. The highest BCUT2D eigenvalue weighted by Gasteiger charge is 2.19. The lowest BCUT2D eigenvalue weighted by atomic mass is 10.2. The highest BCUT2D eigenvalue weighted by molar-refractivity contribution is 7.12. The van der Waals surface area contributed by atoms with Crippen LogP contribution in [0.2, 0.25) is 0 Å². The normalized spacial score (nSPS) is 13.9. The molecule has 24 heavy (non-hydrogen) atoms. The Kier molecular flexibility index (Phi) is 4.79. The summed E-state index contributed by atoms with van der Waals surface area (Å²) in [5.41, 5.74) is 0.117. The first kappa shape index (κ1) is 16.4. The summed E-state index contributed by atoms with van der Waals surface area (Å²) in [4.78, 5) is 36.5. The molecule has 0 bridgehead atoms. The van der Waals surface area contributed by atoms with Crippen LogP contribution in [0, 0.1) is 0 Å². The number of carbonyl (C=O) groups is 2. The van der Waals surface area contributed by atoms with Gasteiger partial charge in [-0.2, -0.15) is 5.10 Å². The van der Waals surface area contributed by atoms with Crippen LogP contribution >= 0.6 is 11.3 Å². The van der Waals surface area contributed by atoms with Crippen LogP contribution in [-0.2, 0) is 29.0 Å². The Morgan fingerprint density at radius 2 is 2.21 bits per heavy atom. The fourth-order valence-corrected chi connectivity index (χ4v) is 3.48. The second-order valence-corrected chi connectivity index (χ2v) is 6.44. The minimum absolute atomic E-state index is 0.185. The molecule has 1 aliphatic rings. The smallest absolute Gasteiger partial charge is 0.350 e. The Morgan fingerprint density at radius 1 is 1.38 bits per heavy atom. The average Bonchev–Trinajstić information content (AvgIpc) is 3.04. The van der Waals surface area contributed by atoms with Crippen molar-refractivity contribution in [2.75, 3.05) is 12.4 Å². The van der Waals surface area contributed by atoms with Gasteiger partial charge in [-0.25, -0.2) is 14.3 Å². The Balaban J connectivity index is 1.73. The van der Waals surface area contributed by atoms with Gasteiger partial charge in [0.1, 0.15) is 17.2 Å². The topological polar surface area (TPSA) is 95.2 Å². The van der Waals surface area contributed by atoms with Crippen molar-refractivity contribution in [1.82, 2.24) is 14.3 Å². The Labute approximate surface area is 142 Å². The van der Waals surface area contributed by atoms with Gasteiger partial charge >= 0.3 is 11.7 Å². The third-order valence-electron chi connectivity index (χ3n) is 3.89. The number of ether oxygens (including phenoxy) is 1. The van der Waals surface area contributed by atoms with Gasteiger partial charge in [0.05, 0.1) is 12.8 Å². The number of nitrogens with zero attached hydrogens (tertiary/aromatic N) is 3. The molecule has 9 heteroatoms. The maximum atomic E-state index is 12.3. The molecule has 0 atom stereocenters. The van der Waals surface area contributed by atoms with Gasteiger partial charge in [-0.15, -0.1) is 11.3 Å². The summed E-state index contributed by atoms with van der Waals surface area (Å²) in [5, 5.41) is 8.59. The van der Waals surface area contributed by atoms with Gasteiger partial charge < -0.3 is 10.1 Å². The summed E-state index contributed by atoms with van der Waals surface area (Å²) in [5.74, 6) is -0.184. The summed E-state index contributed by atoms with van der Waals surface area (Å²) in [6.45, 7) is 0.460. The lowest BCUT2D eigenvalue weighted by Crippen LogP contribution is -2.30. The fraction of sp³-hybridized carbons (Fsp3) is 0.467. The quantitative estimate of drug-likeness (QED) is 0.838. The molecule has 0 fully saturated rings. The molecule has 8 nitrogen and oxygen atoms in total. The number of fused-ring (bicyclic) bond motifs is 1. The number of carbonyl (C=O) groups excluding carboxylic acids is 2. The van der Waals surface area contributed by atoms with Crippen LogP contribution in [0.25, 0.3) is 0 Å². The number of hydrogen-bond acceptors (Lipinski definition) is 6. The van der Waals surface area contributed by atoms with E-state index in [-0.39, 0.29) is 12.2 Å². The van der Waals surface area contributed by atoms with E-state index >= 15 is 0 Å². The van der Waals surface area contributed by atoms with Gasteiger partial charge in [-0.05, 0) is 24.3 Å². The van der Waals surface area contributed by atoms with E-state index in [1.54, 1.807) is 16.0 Å². The first-order valence-corrected chi connectivity index (χ1v) is 8.60. The predicted molar refractivity (Wildman–Crippen MR) is 88.3 cm³/mol. The predicted octanol–water partition coefficient (Wildman–Crippen LogP) is 1.26. The number of nitrogens with one attached hydrogen (secondary N) is 1. The zero-order valence-electron chi connectivity index (χ0n) is 13.3. The minimum Gasteiger partial charge on any atom is -0.465 e. The average molecular weight is 350 g/mol. The Bertz CT molecular complexity index is 820. The summed E-state index contributed by atoms with van der Waals surface area (Å²) in [6.07, 6.45) is 3.78. The zero-order valence-corrected chi connectivity index (χ0v) is 14.1. The maximum Gasteiger partial charge on any atom is 0.350 e. The molecule has 1 aliphatic heterocycles. The zero-order chi connectivity index (χ0) is 17.1. The molecule has 0 aliphatic carbocycles. The van der Waals surface area contributed by atoms with E-state index in [1.807, 2.05) is 0 Å². The van der Waals surface area contributed by atoms with Crippen molar-refractivity contribution >= 4 is 28.9 Å². The maximum absolute atomic E-state index is 12.3. The lowest BCUT2D eigenvalue weighted by Gasteiger charge is -2.05. The highest BCUT2D eigenvalue weighted by atomic mass is 32.1. The van der Waals surface area contributed by atoms with Gasteiger partial charge in [0.2, 0.25) is 5.91 Å². The van der Waals surface area contributed by atoms with Crippen molar-refractivity contribution in [3.8, 4) is 0 Å². The third-order valence-corrected chi connectivity index (χ3v) is 4.78. The summed E-state index contributed by atoms with van der Waals surface area (Å²) in [7, 11) is 1.28. The van der Waals surface area contributed by atoms with Crippen molar-refractivity contribution in [1.29, 1.82) is 0 Å². The van der Waals surface area contributed by atoms with Crippen LogP contribution in [0.4, 0.5) is 5.69 Å². The molecule has 0 unspecified atom stereocenters. The molecule has 0 saturated heterocycles. The van der Waals surface area contributed by atoms with E-state index in [9.17, 15) is 14.4 Å². The second kappa shape index (κ2) is 7.00. The van der Waals surface area contributed by atoms with E-state index in [0.29, 0.717) is 17.1 Å². The molecule has 0 spiro atoms. The molecular formula is C15H18N4O4S. The number of thiophene rings is 1. The molecular weight excluding hydrogens is 332 g/mol. The first-order chi connectivity index (χ1) is 11.6. The molecule has 0 saturated carbocycles.